The van der Waals surface area contributed by atoms with Crippen molar-refractivity contribution in [1.29, 1.82) is 0 Å². The fourth-order valence-electron chi connectivity index (χ4n) is 1.01. The topological polar surface area (TPSA) is 92.7 Å². The molecule has 0 aromatic carbocycles. The SMILES string of the molecule is O=C(O)CC(=O)NC1CCOC1=O. The summed E-state index contributed by atoms with van der Waals surface area (Å²) < 4.78 is 4.57. The number of ether oxygens (including phenoxy) is 1. The summed E-state index contributed by atoms with van der Waals surface area (Å²) in [5.74, 6) is -2.39. The van der Waals surface area contributed by atoms with Gasteiger partial charge in [0.05, 0.1) is 6.61 Å². The van der Waals surface area contributed by atoms with Gasteiger partial charge in [-0.25, -0.2) is 4.79 Å². The zero-order valence-electron chi connectivity index (χ0n) is 6.78. The minimum atomic E-state index is -1.22. The van der Waals surface area contributed by atoms with Crippen molar-refractivity contribution >= 4 is 17.8 Å². The van der Waals surface area contributed by atoms with Crippen LogP contribution < -0.4 is 5.32 Å². The Labute approximate surface area is 73.9 Å². The molecule has 1 rings (SSSR count). The van der Waals surface area contributed by atoms with Crippen LogP contribution in [0.4, 0.5) is 0 Å². The molecular weight excluding hydrogens is 178 g/mol. The quantitative estimate of drug-likeness (QED) is 0.432. The summed E-state index contributed by atoms with van der Waals surface area (Å²) in [6.45, 7) is 0.275. The van der Waals surface area contributed by atoms with Crippen LogP contribution in [-0.2, 0) is 19.1 Å². The molecule has 1 aliphatic rings. The maximum atomic E-state index is 10.9. The summed E-state index contributed by atoms with van der Waals surface area (Å²) in [7, 11) is 0. The Bertz CT molecular complexity index is 249. The summed E-state index contributed by atoms with van der Waals surface area (Å²) in [4.78, 5) is 31.8. The maximum Gasteiger partial charge on any atom is 0.328 e. The molecule has 0 aromatic heterocycles. The fourth-order valence-corrected chi connectivity index (χ4v) is 1.01. The Morgan fingerprint density at radius 3 is 2.77 bits per heavy atom. The normalized spacial score (nSPS) is 20.9. The summed E-state index contributed by atoms with van der Waals surface area (Å²) in [5, 5.41) is 10.5. The molecule has 13 heavy (non-hydrogen) atoms. The van der Waals surface area contributed by atoms with E-state index in [4.69, 9.17) is 5.11 Å². The van der Waals surface area contributed by atoms with E-state index in [1.807, 2.05) is 0 Å². The van der Waals surface area contributed by atoms with E-state index in [1.165, 1.54) is 0 Å². The van der Waals surface area contributed by atoms with Crippen molar-refractivity contribution in [2.45, 2.75) is 18.9 Å². The Hall–Kier alpha value is -1.59. The second-order valence-corrected chi connectivity index (χ2v) is 2.65. The van der Waals surface area contributed by atoms with Crippen molar-refractivity contribution in [3.63, 3.8) is 0 Å². The largest absolute Gasteiger partial charge is 0.481 e. The van der Waals surface area contributed by atoms with E-state index in [1.54, 1.807) is 0 Å². The van der Waals surface area contributed by atoms with Crippen LogP contribution in [-0.4, -0.2) is 35.6 Å². The minimum Gasteiger partial charge on any atom is -0.481 e. The molecule has 0 aromatic rings. The molecule has 1 heterocycles. The highest BCUT2D eigenvalue weighted by Gasteiger charge is 2.28. The third-order valence-corrected chi connectivity index (χ3v) is 1.58. The first-order valence-electron chi connectivity index (χ1n) is 3.77. The highest BCUT2D eigenvalue weighted by molar-refractivity contribution is 5.95. The molecule has 2 N–H and O–H groups in total. The van der Waals surface area contributed by atoms with Gasteiger partial charge >= 0.3 is 11.9 Å². The second-order valence-electron chi connectivity index (χ2n) is 2.65. The van der Waals surface area contributed by atoms with Crippen LogP contribution >= 0.6 is 0 Å². The first-order valence-corrected chi connectivity index (χ1v) is 3.77. The molecule has 1 aliphatic heterocycles. The minimum absolute atomic E-state index is 0.275. The molecular formula is C7H9NO5. The third kappa shape index (κ3) is 2.73. The molecule has 1 saturated heterocycles. The molecule has 0 bridgehead atoms. The molecule has 0 spiro atoms. The van der Waals surface area contributed by atoms with Gasteiger partial charge in [-0.05, 0) is 0 Å². The number of carboxylic acid groups (broad SMARTS) is 1. The van der Waals surface area contributed by atoms with Gasteiger partial charge in [-0.15, -0.1) is 0 Å². The predicted molar refractivity (Wildman–Crippen MR) is 39.8 cm³/mol. The molecule has 0 saturated carbocycles. The van der Waals surface area contributed by atoms with E-state index in [2.05, 4.69) is 10.1 Å². The Morgan fingerprint density at radius 2 is 2.31 bits per heavy atom. The molecule has 6 heteroatoms. The van der Waals surface area contributed by atoms with E-state index in [9.17, 15) is 14.4 Å². The number of hydrogen-bond acceptors (Lipinski definition) is 4. The summed E-state index contributed by atoms with van der Waals surface area (Å²) in [6.07, 6.45) is -0.214. The number of nitrogens with one attached hydrogen (secondary N) is 1. The number of rotatable bonds is 3. The molecule has 0 aliphatic carbocycles. The number of amides is 1. The van der Waals surface area contributed by atoms with Crippen molar-refractivity contribution in [2.24, 2.45) is 0 Å². The van der Waals surface area contributed by atoms with Crippen LogP contribution in [0.3, 0.4) is 0 Å². The van der Waals surface area contributed by atoms with Crippen LogP contribution in [0.5, 0.6) is 0 Å². The third-order valence-electron chi connectivity index (χ3n) is 1.58. The molecule has 6 nitrogen and oxygen atoms in total. The van der Waals surface area contributed by atoms with Gasteiger partial charge in [0.2, 0.25) is 5.91 Å². The lowest BCUT2D eigenvalue weighted by Gasteiger charge is -2.06. The highest BCUT2D eigenvalue weighted by atomic mass is 16.5. The number of esters is 1. The Morgan fingerprint density at radius 1 is 1.62 bits per heavy atom. The van der Waals surface area contributed by atoms with E-state index in [-0.39, 0.29) is 6.61 Å². The first-order chi connectivity index (χ1) is 6.09. The van der Waals surface area contributed by atoms with Crippen LogP contribution in [0.25, 0.3) is 0 Å². The van der Waals surface area contributed by atoms with Crippen molar-refractivity contribution < 1.29 is 24.2 Å². The van der Waals surface area contributed by atoms with Crippen LogP contribution in [0.2, 0.25) is 0 Å². The molecule has 1 amide bonds. The van der Waals surface area contributed by atoms with Gasteiger partial charge < -0.3 is 15.2 Å². The van der Waals surface area contributed by atoms with Crippen molar-refractivity contribution in [3.05, 3.63) is 0 Å². The zero-order valence-corrected chi connectivity index (χ0v) is 6.78. The number of carboxylic acids is 1. The highest BCUT2D eigenvalue weighted by Crippen LogP contribution is 2.05. The Kier molecular flexibility index (Phi) is 2.84. The maximum absolute atomic E-state index is 10.9. The van der Waals surface area contributed by atoms with Crippen LogP contribution in [0, 0.1) is 0 Å². The van der Waals surface area contributed by atoms with Gasteiger partial charge in [-0.3, -0.25) is 9.59 Å². The van der Waals surface area contributed by atoms with Gasteiger partial charge in [-0.1, -0.05) is 0 Å². The zero-order chi connectivity index (χ0) is 9.84. The van der Waals surface area contributed by atoms with Crippen molar-refractivity contribution in [3.8, 4) is 0 Å². The average Bonchev–Trinajstić information content (AvgIpc) is 2.34. The molecule has 72 valence electrons. The summed E-state index contributed by atoms with van der Waals surface area (Å²) in [5.41, 5.74) is 0. The van der Waals surface area contributed by atoms with Crippen molar-refractivity contribution in [1.82, 2.24) is 5.32 Å². The number of carbonyl (C=O) groups is 3. The standard InChI is InChI=1S/C7H9NO5/c9-5(3-6(10)11)8-4-1-2-13-7(4)12/h4H,1-3H2,(H,8,9)(H,10,11). The molecule has 1 unspecified atom stereocenters. The van der Waals surface area contributed by atoms with Crippen LogP contribution in [0.15, 0.2) is 0 Å². The number of aliphatic carboxylic acids is 1. The fraction of sp³-hybridized carbons (Fsp3) is 0.571. The average molecular weight is 187 g/mol. The lowest BCUT2D eigenvalue weighted by molar-refractivity contribution is -0.144. The number of carbonyl (C=O) groups excluding carboxylic acids is 2. The van der Waals surface area contributed by atoms with Gasteiger partial charge in [0, 0.05) is 6.42 Å². The first kappa shape index (κ1) is 9.50. The lowest BCUT2D eigenvalue weighted by atomic mass is 10.2. The molecule has 1 atom stereocenters. The van der Waals surface area contributed by atoms with E-state index in [0.717, 1.165) is 0 Å². The van der Waals surface area contributed by atoms with Crippen molar-refractivity contribution in [2.75, 3.05) is 6.61 Å². The lowest BCUT2D eigenvalue weighted by Crippen LogP contribution is -2.38. The van der Waals surface area contributed by atoms with E-state index in [0.29, 0.717) is 6.42 Å². The van der Waals surface area contributed by atoms with Gasteiger partial charge in [0.1, 0.15) is 12.5 Å². The number of hydrogen-bond donors (Lipinski definition) is 2. The smallest absolute Gasteiger partial charge is 0.328 e. The summed E-state index contributed by atoms with van der Waals surface area (Å²) in [6, 6.07) is -0.674. The van der Waals surface area contributed by atoms with Crippen LogP contribution in [0.1, 0.15) is 12.8 Å². The second kappa shape index (κ2) is 3.88. The van der Waals surface area contributed by atoms with E-state index >= 15 is 0 Å². The van der Waals surface area contributed by atoms with E-state index < -0.39 is 30.3 Å². The van der Waals surface area contributed by atoms with Gasteiger partial charge in [-0.2, -0.15) is 0 Å². The monoisotopic (exact) mass is 187 g/mol. The Balaban J connectivity index is 2.35. The summed E-state index contributed by atoms with van der Waals surface area (Å²) >= 11 is 0. The number of cyclic esters (lactones) is 1. The van der Waals surface area contributed by atoms with Gasteiger partial charge in [0.25, 0.3) is 0 Å². The predicted octanol–water partition coefficient (Wildman–Crippen LogP) is -1.11. The molecule has 1 fully saturated rings. The molecule has 0 radical (unpaired) electrons. The van der Waals surface area contributed by atoms with Gasteiger partial charge in [0.15, 0.2) is 0 Å².